The van der Waals surface area contributed by atoms with Gasteiger partial charge in [-0.05, 0) is 29.7 Å². The molecule has 0 unspecified atom stereocenters. The summed E-state index contributed by atoms with van der Waals surface area (Å²) in [6.07, 6.45) is -3.64. The molecule has 0 spiro atoms. The van der Waals surface area contributed by atoms with Crippen molar-refractivity contribution in [2.75, 3.05) is 6.26 Å². The van der Waals surface area contributed by atoms with Crippen molar-refractivity contribution in [2.45, 2.75) is 30.8 Å². The van der Waals surface area contributed by atoms with E-state index in [9.17, 15) is 21.6 Å². The Labute approximate surface area is 98.4 Å². The molecule has 0 atom stereocenters. The second-order valence-electron chi connectivity index (χ2n) is 4.22. The van der Waals surface area contributed by atoms with Crippen LogP contribution in [-0.4, -0.2) is 14.7 Å². The second-order valence-corrected chi connectivity index (χ2v) is 6.23. The lowest BCUT2D eigenvalue weighted by Crippen LogP contribution is -2.09. The van der Waals surface area contributed by atoms with E-state index < -0.39 is 21.6 Å². The summed E-state index contributed by atoms with van der Waals surface area (Å²) in [5.74, 6) is -0.169. The molecule has 0 radical (unpaired) electrons. The maximum atomic E-state index is 12.6. The molecule has 1 aromatic rings. The molecule has 96 valence electrons. The van der Waals surface area contributed by atoms with Gasteiger partial charge in [-0.15, -0.1) is 0 Å². The van der Waals surface area contributed by atoms with Crippen LogP contribution in [0.1, 0.15) is 30.9 Å². The lowest BCUT2D eigenvalue weighted by atomic mass is 10.0. The topological polar surface area (TPSA) is 34.1 Å². The van der Waals surface area contributed by atoms with Crippen molar-refractivity contribution >= 4 is 9.84 Å². The standard InChI is InChI=1S/C11H13F3O2S/c1-7(2)8-4-9(11(12,13)14)6-10(5-8)17(3,15)16/h4-7H,1-3H3. The van der Waals surface area contributed by atoms with E-state index in [2.05, 4.69) is 0 Å². The van der Waals surface area contributed by atoms with Crippen LogP contribution in [0.15, 0.2) is 23.1 Å². The van der Waals surface area contributed by atoms with Crippen LogP contribution in [0, 0.1) is 0 Å². The molecule has 0 aliphatic rings. The number of hydrogen-bond donors (Lipinski definition) is 0. The summed E-state index contributed by atoms with van der Waals surface area (Å²) >= 11 is 0. The summed E-state index contributed by atoms with van der Waals surface area (Å²) in [5.41, 5.74) is -0.565. The SMILES string of the molecule is CC(C)c1cc(C(F)(F)F)cc(S(C)(=O)=O)c1. The average Bonchev–Trinajstić information content (AvgIpc) is 2.14. The molecule has 0 aromatic heterocycles. The third kappa shape index (κ3) is 3.46. The molecular weight excluding hydrogens is 253 g/mol. The zero-order valence-corrected chi connectivity index (χ0v) is 10.5. The Morgan fingerprint density at radius 3 is 2.00 bits per heavy atom. The molecule has 0 saturated carbocycles. The smallest absolute Gasteiger partial charge is 0.224 e. The predicted octanol–water partition coefficient (Wildman–Crippen LogP) is 3.23. The van der Waals surface area contributed by atoms with E-state index in [0.29, 0.717) is 11.6 Å². The molecule has 1 rings (SSSR count). The molecule has 2 nitrogen and oxygen atoms in total. The van der Waals surface area contributed by atoms with Gasteiger partial charge in [-0.3, -0.25) is 0 Å². The van der Waals surface area contributed by atoms with Gasteiger partial charge < -0.3 is 0 Å². The Morgan fingerprint density at radius 2 is 1.65 bits per heavy atom. The monoisotopic (exact) mass is 266 g/mol. The molecule has 17 heavy (non-hydrogen) atoms. The molecule has 0 N–H and O–H groups in total. The lowest BCUT2D eigenvalue weighted by Gasteiger charge is -2.13. The van der Waals surface area contributed by atoms with Crippen LogP contribution in [0.5, 0.6) is 0 Å². The first-order valence-corrected chi connectivity index (χ1v) is 6.83. The lowest BCUT2D eigenvalue weighted by molar-refractivity contribution is -0.137. The Kier molecular flexibility index (Phi) is 3.57. The van der Waals surface area contributed by atoms with E-state index in [0.717, 1.165) is 12.3 Å². The number of hydrogen-bond acceptors (Lipinski definition) is 2. The normalized spacial score (nSPS) is 13.1. The molecule has 0 amide bonds. The predicted molar refractivity (Wildman–Crippen MR) is 58.6 cm³/mol. The highest BCUT2D eigenvalue weighted by molar-refractivity contribution is 7.90. The third-order valence-electron chi connectivity index (χ3n) is 2.35. The van der Waals surface area contributed by atoms with Crippen LogP contribution < -0.4 is 0 Å². The first-order valence-electron chi connectivity index (χ1n) is 4.94. The van der Waals surface area contributed by atoms with Crippen LogP contribution in [0.3, 0.4) is 0 Å². The van der Waals surface area contributed by atoms with Crippen molar-refractivity contribution < 1.29 is 21.6 Å². The summed E-state index contributed by atoms with van der Waals surface area (Å²) in [7, 11) is -3.64. The Hall–Kier alpha value is -1.04. The molecule has 0 saturated heterocycles. The number of rotatable bonds is 2. The molecule has 0 aliphatic carbocycles. The Morgan fingerprint density at radius 1 is 1.12 bits per heavy atom. The van der Waals surface area contributed by atoms with Crippen molar-refractivity contribution in [2.24, 2.45) is 0 Å². The number of alkyl halides is 3. The van der Waals surface area contributed by atoms with Crippen molar-refractivity contribution in [3.63, 3.8) is 0 Å². The second kappa shape index (κ2) is 4.33. The first kappa shape index (κ1) is 14.0. The zero-order chi connectivity index (χ0) is 13.4. The van der Waals surface area contributed by atoms with E-state index >= 15 is 0 Å². The highest BCUT2D eigenvalue weighted by atomic mass is 32.2. The van der Waals surface area contributed by atoms with Gasteiger partial charge >= 0.3 is 6.18 Å². The summed E-state index contributed by atoms with van der Waals surface area (Å²) in [6, 6.07) is 2.94. The molecule has 6 heteroatoms. The minimum absolute atomic E-state index is 0.169. The fraction of sp³-hybridized carbons (Fsp3) is 0.455. The van der Waals surface area contributed by atoms with Gasteiger partial charge in [-0.1, -0.05) is 13.8 Å². The maximum Gasteiger partial charge on any atom is 0.416 e. The van der Waals surface area contributed by atoms with E-state index in [1.807, 2.05) is 0 Å². The molecule has 1 aromatic carbocycles. The zero-order valence-electron chi connectivity index (χ0n) is 9.67. The van der Waals surface area contributed by atoms with Gasteiger partial charge in [-0.25, -0.2) is 8.42 Å². The summed E-state index contributed by atoms with van der Waals surface area (Å²) in [5, 5.41) is 0. The van der Waals surface area contributed by atoms with Crippen LogP contribution in [0.2, 0.25) is 0 Å². The van der Waals surface area contributed by atoms with E-state index in [1.54, 1.807) is 13.8 Å². The van der Waals surface area contributed by atoms with Gasteiger partial charge in [0.2, 0.25) is 0 Å². The maximum absolute atomic E-state index is 12.6. The molecule has 0 bridgehead atoms. The van der Waals surface area contributed by atoms with Crippen molar-refractivity contribution in [1.29, 1.82) is 0 Å². The van der Waals surface area contributed by atoms with Crippen LogP contribution in [0.4, 0.5) is 13.2 Å². The van der Waals surface area contributed by atoms with Crippen LogP contribution in [0.25, 0.3) is 0 Å². The minimum atomic E-state index is -4.54. The van der Waals surface area contributed by atoms with E-state index in [-0.39, 0.29) is 10.8 Å². The van der Waals surface area contributed by atoms with Crippen molar-refractivity contribution in [1.82, 2.24) is 0 Å². The fourth-order valence-electron chi connectivity index (χ4n) is 1.33. The number of benzene rings is 1. The fourth-order valence-corrected chi connectivity index (χ4v) is 2.02. The summed E-state index contributed by atoms with van der Waals surface area (Å²) in [6.45, 7) is 3.42. The van der Waals surface area contributed by atoms with Gasteiger partial charge in [0.05, 0.1) is 10.5 Å². The Balaban J connectivity index is 3.51. The summed E-state index contributed by atoms with van der Waals surface area (Å²) in [4.78, 5) is -0.295. The largest absolute Gasteiger partial charge is 0.416 e. The van der Waals surface area contributed by atoms with Crippen molar-refractivity contribution in [3.8, 4) is 0 Å². The quantitative estimate of drug-likeness (QED) is 0.823. The Bertz CT molecular complexity index is 516. The number of halogens is 3. The highest BCUT2D eigenvalue weighted by Gasteiger charge is 2.32. The molecular formula is C11H13F3O2S. The first-order chi connectivity index (χ1) is 7.51. The molecule has 0 aliphatic heterocycles. The van der Waals surface area contributed by atoms with Gasteiger partial charge in [0, 0.05) is 6.26 Å². The van der Waals surface area contributed by atoms with E-state index in [1.165, 1.54) is 6.07 Å². The average molecular weight is 266 g/mol. The van der Waals surface area contributed by atoms with Gasteiger partial charge in [0.1, 0.15) is 0 Å². The van der Waals surface area contributed by atoms with Crippen LogP contribution >= 0.6 is 0 Å². The minimum Gasteiger partial charge on any atom is -0.224 e. The molecule has 0 fully saturated rings. The van der Waals surface area contributed by atoms with Gasteiger partial charge in [-0.2, -0.15) is 13.2 Å². The van der Waals surface area contributed by atoms with Gasteiger partial charge in [0.15, 0.2) is 9.84 Å². The highest BCUT2D eigenvalue weighted by Crippen LogP contribution is 2.33. The van der Waals surface area contributed by atoms with E-state index in [4.69, 9.17) is 0 Å². The molecule has 0 heterocycles. The van der Waals surface area contributed by atoms with Crippen LogP contribution in [-0.2, 0) is 16.0 Å². The van der Waals surface area contributed by atoms with Crippen molar-refractivity contribution in [3.05, 3.63) is 29.3 Å². The third-order valence-corrected chi connectivity index (χ3v) is 3.44. The number of sulfone groups is 1. The van der Waals surface area contributed by atoms with Gasteiger partial charge in [0.25, 0.3) is 0 Å². The summed E-state index contributed by atoms with van der Waals surface area (Å²) < 4.78 is 60.5.